The Bertz CT molecular complexity index is 334. The highest BCUT2D eigenvalue weighted by molar-refractivity contribution is 9.09. The van der Waals surface area contributed by atoms with Crippen molar-refractivity contribution < 1.29 is 9.47 Å². The van der Waals surface area contributed by atoms with Gasteiger partial charge in [-0.05, 0) is 40.5 Å². The first kappa shape index (κ1) is 13.5. The van der Waals surface area contributed by atoms with Gasteiger partial charge in [0, 0.05) is 12.5 Å². The maximum absolute atomic E-state index is 5.60. The van der Waals surface area contributed by atoms with Gasteiger partial charge in [0.05, 0.1) is 6.61 Å². The Labute approximate surface area is 106 Å². The van der Waals surface area contributed by atoms with Crippen LogP contribution < -0.4 is 4.74 Å². The molecule has 0 radical (unpaired) electrons. The molecule has 90 valence electrons. The normalized spacial score (nSPS) is 13.6. The molecule has 0 N–H and O–H groups in total. The minimum Gasteiger partial charge on any atom is -0.480 e. The van der Waals surface area contributed by atoms with Crippen LogP contribution in [-0.2, 0) is 10.2 Å². The van der Waals surface area contributed by atoms with Gasteiger partial charge >= 0.3 is 0 Å². The molecule has 1 aromatic rings. The summed E-state index contributed by atoms with van der Waals surface area (Å²) in [7, 11) is 1.72. The molecule has 0 aliphatic heterocycles. The van der Waals surface area contributed by atoms with Crippen LogP contribution >= 0.6 is 15.9 Å². The molecule has 1 aromatic carbocycles. The van der Waals surface area contributed by atoms with Crippen LogP contribution in [0.5, 0.6) is 5.75 Å². The van der Waals surface area contributed by atoms with Gasteiger partial charge < -0.3 is 9.47 Å². The van der Waals surface area contributed by atoms with Crippen molar-refractivity contribution >= 4 is 15.9 Å². The zero-order valence-electron chi connectivity index (χ0n) is 10.3. The monoisotopic (exact) mass is 286 g/mol. The number of alkyl halides is 1. The molecule has 0 saturated heterocycles. The largest absolute Gasteiger partial charge is 0.480 e. The molecule has 0 spiro atoms. The van der Waals surface area contributed by atoms with E-state index in [1.165, 1.54) is 5.56 Å². The highest BCUT2D eigenvalue weighted by Crippen LogP contribution is 2.27. The summed E-state index contributed by atoms with van der Waals surface area (Å²) >= 11 is 3.37. The topological polar surface area (TPSA) is 18.5 Å². The molecule has 0 heterocycles. The highest BCUT2D eigenvalue weighted by atomic mass is 79.9. The lowest BCUT2D eigenvalue weighted by molar-refractivity contribution is 0.146. The number of rotatable bonds is 5. The van der Waals surface area contributed by atoms with Crippen LogP contribution in [0.4, 0.5) is 0 Å². The summed E-state index contributed by atoms with van der Waals surface area (Å²) in [5.74, 6) is 0.881. The smallest absolute Gasteiger partial charge is 0.150 e. The molecular formula is C13H19BrO2. The Morgan fingerprint density at radius 1 is 1.38 bits per heavy atom. The summed E-state index contributed by atoms with van der Waals surface area (Å²) in [4.78, 5) is 0. The van der Waals surface area contributed by atoms with Crippen molar-refractivity contribution in [2.75, 3.05) is 13.7 Å². The fraction of sp³-hybridized carbons (Fsp3) is 0.538. The van der Waals surface area contributed by atoms with Crippen molar-refractivity contribution in [2.45, 2.75) is 31.2 Å². The number of hydrogen-bond acceptors (Lipinski definition) is 2. The third-order valence-corrected chi connectivity index (χ3v) is 2.61. The molecule has 0 aliphatic rings. The van der Waals surface area contributed by atoms with E-state index < -0.39 is 0 Å². The van der Waals surface area contributed by atoms with Gasteiger partial charge in [-0.2, -0.15) is 0 Å². The molecule has 0 aromatic heterocycles. The van der Waals surface area contributed by atoms with Crippen LogP contribution in [0.2, 0.25) is 0 Å². The fourth-order valence-electron chi connectivity index (χ4n) is 1.62. The Hall–Kier alpha value is -0.540. The molecule has 0 aliphatic carbocycles. The molecule has 1 rings (SSSR count). The molecule has 0 fully saturated rings. The second-order valence-electron chi connectivity index (χ2n) is 4.51. The van der Waals surface area contributed by atoms with Gasteiger partial charge in [0.15, 0.2) is 5.01 Å². The molecule has 16 heavy (non-hydrogen) atoms. The lowest BCUT2D eigenvalue weighted by Gasteiger charge is -2.24. The SMILES string of the molecule is COCC(C)(C)c1cccc(OC(C)Br)c1. The zero-order valence-corrected chi connectivity index (χ0v) is 11.9. The summed E-state index contributed by atoms with van der Waals surface area (Å²) in [6.07, 6.45) is 0. The van der Waals surface area contributed by atoms with Crippen molar-refractivity contribution in [1.82, 2.24) is 0 Å². The van der Waals surface area contributed by atoms with Crippen molar-refractivity contribution in [2.24, 2.45) is 0 Å². The first-order valence-corrected chi connectivity index (χ1v) is 6.27. The minimum absolute atomic E-state index is 0.00364. The molecule has 0 saturated carbocycles. The quantitative estimate of drug-likeness (QED) is 0.768. The fourth-order valence-corrected chi connectivity index (χ4v) is 1.84. The zero-order chi connectivity index (χ0) is 12.2. The van der Waals surface area contributed by atoms with Crippen LogP contribution in [0, 0.1) is 0 Å². The van der Waals surface area contributed by atoms with E-state index in [-0.39, 0.29) is 10.4 Å². The summed E-state index contributed by atoms with van der Waals surface area (Å²) in [5.41, 5.74) is 1.23. The number of ether oxygens (including phenoxy) is 2. The predicted molar refractivity (Wildman–Crippen MR) is 70.4 cm³/mol. The van der Waals surface area contributed by atoms with E-state index in [0.29, 0.717) is 6.61 Å². The first-order chi connectivity index (χ1) is 7.45. The second-order valence-corrected chi connectivity index (χ2v) is 5.80. The van der Waals surface area contributed by atoms with E-state index in [4.69, 9.17) is 9.47 Å². The molecule has 0 bridgehead atoms. The van der Waals surface area contributed by atoms with E-state index in [2.05, 4.69) is 41.9 Å². The van der Waals surface area contributed by atoms with Crippen molar-refractivity contribution in [3.05, 3.63) is 29.8 Å². The van der Waals surface area contributed by atoms with E-state index in [0.717, 1.165) is 5.75 Å². The van der Waals surface area contributed by atoms with Crippen LogP contribution in [0.3, 0.4) is 0 Å². The van der Waals surface area contributed by atoms with Crippen LogP contribution in [-0.4, -0.2) is 18.7 Å². The minimum atomic E-state index is 0.00364. The number of benzene rings is 1. The highest BCUT2D eigenvalue weighted by Gasteiger charge is 2.20. The summed E-state index contributed by atoms with van der Waals surface area (Å²) in [6, 6.07) is 8.14. The summed E-state index contributed by atoms with van der Waals surface area (Å²) in [6.45, 7) is 6.97. The van der Waals surface area contributed by atoms with Gasteiger partial charge in [-0.15, -0.1) is 0 Å². The van der Waals surface area contributed by atoms with Gasteiger partial charge in [-0.3, -0.25) is 0 Å². The second kappa shape index (κ2) is 5.69. The average molecular weight is 287 g/mol. The predicted octanol–water partition coefficient (Wildman–Crippen LogP) is 3.73. The van der Waals surface area contributed by atoms with Crippen molar-refractivity contribution in [1.29, 1.82) is 0 Å². The standard InChI is InChI=1S/C13H19BrO2/c1-10(14)16-12-7-5-6-11(8-12)13(2,3)9-15-4/h5-8,10H,9H2,1-4H3. The molecule has 0 amide bonds. The van der Waals surface area contributed by atoms with Crippen molar-refractivity contribution in [3.8, 4) is 5.75 Å². The van der Waals surface area contributed by atoms with Crippen LogP contribution in [0.25, 0.3) is 0 Å². The van der Waals surface area contributed by atoms with E-state index >= 15 is 0 Å². The Kier molecular flexibility index (Phi) is 4.81. The van der Waals surface area contributed by atoms with Gasteiger partial charge in [-0.25, -0.2) is 0 Å². The Balaban J connectivity index is 2.89. The van der Waals surface area contributed by atoms with Gasteiger partial charge in [0.25, 0.3) is 0 Å². The van der Waals surface area contributed by atoms with Crippen LogP contribution in [0.1, 0.15) is 26.3 Å². The lowest BCUT2D eigenvalue weighted by Crippen LogP contribution is -2.23. The Morgan fingerprint density at radius 2 is 2.06 bits per heavy atom. The van der Waals surface area contributed by atoms with E-state index in [1.54, 1.807) is 7.11 Å². The van der Waals surface area contributed by atoms with Crippen LogP contribution in [0.15, 0.2) is 24.3 Å². The van der Waals surface area contributed by atoms with E-state index in [9.17, 15) is 0 Å². The van der Waals surface area contributed by atoms with Gasteiger partial charge in [-0.1, -0.05) is 26.0 Å². The molecule has 1 unspecified atom stereocenters. The number of methoxy groups -OCH3 is 1. The molecular weight excluding hydrogens is 268 g/mol. The number of hydrogen-bond donors (Lipinski definition) is 0. The van der Waals surface area contributed by atoms with Crippen molar-refractivity contribution in [3.63, 3.8) is 0 Å². The van der Waals surface area contributed by atoms with E-state index in [1.807, 2.05) is 19.1 Å². The average Bonchev–Trinajstić information content (AvgIpc) is 2.17. The molecule has 2 nitrogen and oxygen atoms in total. The summed E-state index contributed by atoms with van der Waals surface area (Å²) in [5, 5.41) is 0.0216. The Morgan fingerprint density at radius 3 is 2.62 bits per heavy atom. The third kappa shape index (κ3) is 3.80. The lowest BCUT2D eigenvalue weighted by atomic mass is 9.85. The first-order valence-electron chi connectivity index (χ1n) is 5.36. The number of halogens is 1. The van der Waals surface area contributed by atoms with Gasteiger partial charge in [0.2, 0.25) is 0 Å². The maximum atomic E-state index is 5.60. The maximum Gasteiger partial charge on any atom is 0.150 e. The van der Waals surface area contributed by atoms with Gasteiger partial charge in [0.1, 0.15) is 5.75 Å². The summed E-state index contributed by atoms with van der Waals surface area (Å²) < 4.78 is 10.8. The molecule has 3 heteroatoms. The molecule has 1 atom stereocenters. The third-order valence-electron chi connectivity index (χ3n) is 2.42.